The van der Waals surface area contributed by atoms with Crippen LogP contribution in [0.15, 0.2) is 64.0 Å². The van der Waals surface area contributed by atoms with Crippen molar-refractivity contribution in [3.8, 4) is 0 Å². The van der Waals surface area contributed by atoms with Gasteiger partial charge < -0.3 is 5.11 Å². The molecule has 110 valence electrons. The monoisotopic (exact) mass is 369 g/mol. The number of rotatable bonds is 5. The summed E-state index contributed by atoms with van der Waals surface area (Å²) in [7, 11) is -3.92. The van der Waals surface area contributed by atoms with Gasteiger partial charge in [0.1, 0.15) is 6.04 Å². The zero-order valence-electron chi connectivity index (χ0n) is 10.7. The van der Waals surface area contributed by atoms with Crippen molar-refractivity contribution in [2.45, 2.75) is 10.9 Å². The van der Waals surface area contributed by atoms with Gasteiger partial charge in [0, 0.05) is 4.47 Å². The summed E-state index contributed by atoms with van der Waals surface area (Å²) in [6.45, 7) is 0. The van der Waals surface area contributed by atoms with Crippen LogP contribution >= 0.6 is 15.9 Å². The van der Waals surface area contributed by atoms with Gasteiger partial charge in [0.25, 0.3) is 0 Å². The number of sulfonamides is 1. The number of carboxylic acids is 1. The maximum Gasteiger partial charge on any atom is 0.326 e. The van der Waals surface area contributed by atoms with Crippen LogP contribution in [-0.4, -0.2) is 19.5 Å². The van der Waals surface area contributed by atoms with Gasteiger partial charge >= 0.3 is 5.97 Å². The predicted octanol–water partition coefficient (Wildman–Crippen LogP) is 2.55. The highest BCUT2D eigenvalue weighted by Gasteiger charge is 2.26. The third-order valence-corrected chi connectivity index (χ3v) is 4.74. The lowest BCUT2D eigenvalue weighted by Crippen LogP contribution is -2.33. The first kappa shape index (κ1) is 15.7. The highest BCUT2D eigenvalue weighted by atomic mass is 79.9. The van der Waals surface area contributed by atoms with E-state index in [0.717, 1.165) is 4.47 Å². The van der Waals surface area contributed by atoms with Crippen molar-refractivity contribution in [2.75, 3.05) is 0 Å². The van der Waals surface area contributed by atoms with Gasteiger partial charge in [-0.05, 0) is 29.8 Å². The summed E-state index contributed by atoms with van der Waals surface area (Å²) in [5.41, 5.74) is 0.366. The third kappa shape index (κ3) is 3.90. The minimum atomic E-state index is -3.92. The van der Waals surface area contributed by atoms with Gasteiger partial charge in [0.15, 0.2) is 0 Å². The topological polar surface area (TPSA) is 83.5 Å². The van der Waals surface area contributed by atoms with Gasteiger partial charge in [-0.2, -0.15) is 4.72 Å². The summed E-state index contributed by atoms with van der Waals surface area (Å²) in [6, 6.07) is 12.8. The van der Waals surface area contributed by atoms with Gasteiger partial charge in [-0.3, -0.25) is 4.79 Å². The average molecular weight is 370 g/mol. The molecule has 0 amide bonds. The number of aliphatic carboxylic acids is 1. The second-order valence-corrected chi connectivity index (χ2v) is 6.89. The molecule has 0 saturated carbocycles. The number of benzene rings is 2. The molecule has 2 aromatic carbocycles. The summed E-state index contributed by atoms with van der Waals surface area (Å²) < 4.78 is 27.4. The number of halogens is 1. The van der Waals surface area contributed by atoms with E-state index in [1.165, 1.54) is 12.1 Å². The normalized spacial score (nSPS) is 12.8. The van der Waals surface area contributed by atoms with E-state index in [-0.39, 0.29) is 4.90 Å². The van der Waals surface area contributed by atoms with Crippen molar-refractivity contribution < 1.29 is 18.3 Å². The molecule has 0 aliphatic heterocycles. The Morgan fingerprint density at radius 1 is 1.05 bits per heavy atom. The Bertz CT molecular complexity index is 729. The van der Waals surface area contributed by atoms with Gasteiger partial charge in [0.2, 0.25) is 10.0 Å². The Balaban J connectivity index is 2.32. The van der Waals surface area contributed by atoms with Crippen molar-refractivity contribution >= 4 is 31.9 Å². The lowest BCUT2D eigenvalue weighted by Gasteiger charge is -2.15. The third-order valence-electron chi connectivity index (χ3n) is 2.78. The summed E-state index contributed by atoms with van der Waals surface area (Å²) in [5, 5.41) is 9.25. The smallest absolute Gasteiger partial charge is 0.326 e. The SMILES string of the molecule is O=C(O)C(NS(=O)(=O)c1ccc(Br)cc1)c1ccccc1. The Kier molecular flexibility index (Phi) is 4.76. The van der Waals surface area contributed by atoms with Crippen LogP contribution in [0.3, 0.4) is 0 Å². The summed E-state index contributed by atoms with van der Waals surface area (Å²) >= 11 is 3.21. The van der Waals surface area contributed by atoms with Gasteiger partial charge in [-0.1, -0.05) is 46.3 Å². The summed E-state index contributed by atoms with van der Waals surface area (Å²) in [4.78, 5) is 11.3. The first-order valence-corrected chi connectivity index (χ1v) is 8.23. The lowest BCUT2D eigenvalue weighted by molar-refractivity contribution is -0.139. The molecule has 0 aliphatic carbocycles. The van der Waals surface area contributed by atoms with E-state index in [1.54, 1.807) is 42.5 Å². The number of nitrogens with one attached hydrogen (secondary N) is 1. The zero-order valence-corrected chi connectivity index (χ0v) is 13.1. The lowest BCUT2D eigenvalue weighted by atomic mass is 10.1. The fourth-order valence-corrected chi connectivity index (χ4v) is 3.19. The van der Waals surface area contributed by atoms with Crippen LogP contribution in [0, 0.1) is 0 Å². The van der Waals surface area contributed by atoms with Crippen LogP contribution in [-0.2, 0) is 14.8 Å². The molecule has 0 aromatic heterocycles. The molecule has 0 spiro atoms. The van der Waals surface area contributed by atoms with E-state index in [2.05, 4.69) is 20.7 Å². The molecule has 7 heteroatoms. The Hall–Kier alpha value is -1.70. The van der Waals surface area contributed by atoms with Crippen molar-refractivity contribution in [1.29, 1.82) is 0 Å². The van der Waals surface area contributed by atoms with E-state index in [9.17, 15) is 18.3 Å². The van der Waals surface area contributed by atoms with Crippen LogP contribution in [0.2, 0.25) is 0 Å². The molecule has 0 radical (unpaired) electrons. The summed E-state index contributed by atoms with van der Waals surface area (Å²) in [6.07, 6.45) is 0. The molecule has 0 bridgehead atoms. The number of carbonyl (C=O) groups is 1. The fourth-order valence-electron chi connectivity index (χ4n) is 1.74. The first-order chi connectivity index (χ1) is 9.90. The molecule has 21 heavy (non-hydrogen) atoms. The fraction of sp³-hybridized carbons (Fsp3) is 0.0714. The summed E-state index contributed by atoms with van der Waals surface area (Å²) in [5.74, 6) is -1.26. The van der Waals surface area contributed by atoms with Crippen LogP contribution in [0.4, 0.5) is 0 Å². The minimum absolute atomic E-state index is 0.00730. The Labute approximate surface area is 130 Å². The van der Waals surface area contributed by atoms with E-state index >= 15 is 0 Å². The highest BCUT2D eigenvalue weighted by Crippen LogP contribution is 2.19. The van der Waals surface area contributed by atoms with Crippen molar-refractivity contribution in [1.82, 2.24) is 4.72 Å². The van der Waals surface area contributed by atoms with Crippen molar-refractivity contribution in [3.05, 3.63) is 64.6 Å². The zero-order chi connectivity index (χ0) is 15.5. The largest absolute Gasteiger partial charge is 0.480 e. The number of carboxylic acid groups (broad SMARTS) is 1. The minimum Gasteiger partial charge on any atom is -0.480 e. The molecule has 0 fully saturated rings. The first-order valence-electron chi connectivity index (χ1n) is 5.96. The molecular formula is C14H12BrNO4S. The van der Waals surface area contributed by atoms with E-state index in [4.69, 9.17) is 0 Å². The molecule has 0 heterocycles. The second-order valence-electron chi connectivity index (χ2n) is 4.26. The molecule has 0 saturated heterocycles. The van der Waals surface area contributed by atoms with Crippen molar-refractivity contribution in [3.63, 3.8) is 0 Å². The molecule has 2 N–H and O–H groups in total. The molecular weight excluding hydrogens is 358 g/mol. The number of hydrogen-bond acceptors (Lipinski definition) is 3. The molecule has 2 rings (SSSR count). The van der Waals surface area contributed by atoms with Crippen LogP contribution in [0.1, 0.15) is 11.6 Å². The van der Waals surface area contributed by atoms with E-state index < -0.39 is 22.0 Å². The second kappa shape index (κ2) is 6.38. The Morgan fingerprint density at radius 2 is 1.62 bits per heavy atom. The molecule has 0 aliphatic rings. The standard InChI is InChI=1S/C14H12BrNO4S/c15-11-6-8-12(9-7-11)21(19,20)16-13(14(17)18)10-4-2-1-3-5-10/h1-9,13,16H,(H,17,18). The van der Waals surface area contributed by atoms with Crippen molar-refractivity contribution in [2.24, 2.45) is 0 Å². The average Bonchev–Trinajstić information content (AvgIpc) is 2.46. The van der Waals surface area contributed by atoms with E-state index in [0.29, 0.717) is 5.56 Å². The quantitative estimate of drug-likeness (QED) is 0.848. The molecule has 5 nitrogen and oxygen atoms in total. The van der Waals surface area contributed by atoms with Gasteiger partial charge in [0.05, 0.1) is 4.90 Å². The Morgan fingerprint density at radius 3 is 2.14 bits per heavy atom. The molecule has 1 atom stereocenters. The van der Waals surface area contributed by atoms with Gasteiger partial charge in [-0.15, -0.1) is 0 Å². The predicted molar refractivity (Wildman–Crippen MR) is 81.3 cm³/mol. The molecule has 1 unspecified atom stereocenters. The maximum absolute atomic E-state index is 12.2. The maximum atomic E-state index is 12.2. The van der Waals surface area contributed by atoms with Gasteiger partial charge in [-0.25, -0.2) is 8.42 Å². The van der Waals surface area contributed by atoms with E-state index in [1.807, 2.05) is 0 Å². The highest BCUT2D eigenvalue weighted by molar-refractivity contribution is 9.10. The van der Waals surface area contributed by atoms with Crippen LogP contribution in [0.5, 0.6) is 0 Å². The van der Waals surface area contributed by atoms with Crippen LogP contribution in [0.25, 0.3) is 0 Å². The molecule has 2 aromatic rings. The van der Waals surface area contributed by atoms with Crippen LogP contribution < -0.4 is 4.72 Å². The number of hydrogen-bond donors (Lipinski definition) is 2.